The fourth-order valence-electron chi connectivity index (χ4n) is 1.56. The van der Waals surface area contributed by atoms with Crippen LogP contribution in [0.3, 0.4) is 0 Å². The van der Waals surface area contributed by atoms with Gasteiger partial charge in [-0.2, -0.15) is 0 Å². The normalized spacial score (nSPS) is 19.5. The van der Waals surface area contributed by atoms with Crippen LogP contribution in [-0.4, -0.2) is 14.9 Å². The van der Waals surface area contributed by atoms with Gasteiger partial charge in [-0.1, -0.05) is 0 Å². The van der Waals surface area contributed by atoms with Crippen LogP contribution in [0.25, 0.3) is 4.96 Å². The Morgan fingerprint density at radius 2 is 2.46 bits per heavy atom. The van der Waals surface area contributed by atoms with E-state index >= 15 is 0 Å². The van der Waals surface area contributed by atoms with Crippen LogP contribution in [0.5, 0.6) is 0 Å². The molecule has 1 aliphatic rings. The summed E-state index contributed by atoms with van der Waals surface area (Å²) < 4.78 is 2.06. The van der Waals surface area contributed by atoms with Crippen LogP contribution in [-0.2, 0) is 6.42 Å². The standard InChI is InChI=1S/C9H11N3S/c10-9(1-2-9)5-7-6-12-3-4-13-8(12)11-7/h3-4,6H,1-2,5,10H2. The van der Waals surface area contributed by atoms with Crippen LogP contribution < -0.4 is 5.73 Å². The molecule has 0 bridgehead atoms. The molecule has 1 fully saturated rings. The molecule has 1 saturated carbocycles. The number of imidazole rings is 1. The summed E-state index contributed by atoms with van der Waals surface area (Å²) in [5.74, 6) is 0. The van der Waals surface area contributed by atoms with Crippen LogP contribution >= 0.6 is 11.3 Å². The first-order valence-electron chi connectivity index (χ1n) is 4.45. The van der Waals surface area contributed by atoms with Crippen molar-refractivity contribution < 1.29 is 0 Å². The highest BCUT2D eigenvalue weighted by Gasteiger charge is 2.38. The Bertz CT molecular complexity index is 410. The second-order valence-electron chi connectivity index (χ2n) is 3.86. The molecular weight excluding hydrogens is 182 g/mol. The highest BCUT2D eigenvalue weighted by molar-refractivity contribution is 7.15. The third kappa shape index (κ3) is 1.26. The lowest BCUT2D eigenvalue weighted by Gasteiger charge is -2.03. The molecule has 4 heteroatoms. The van der Waals surface area contributed by atoms with Gasteiger partial charge in [0.15, 0.2) is 4.96 Å². The van der Waals surface area contributed by atoms with Gasteiger partial charge < -0.3 is 5.73 Å². The molecule has 2 aromatic rings. The van der Waals surface area contributed by atoms with Crippen molar-refractivity contribution >= 4 is 16.3 Å². The minimum Gasteiger partial charge on any atom is -0.325 e. The third-order valence-electron chi connectivity index (χ3n) is 2.57. The van der Waals surface area contributed by atoms with Gasteiger partial charge in [0, 0.05) is 29.7 Å². The largest absolute Gasteiger partial charge is 0.325 e. The zero-order valence-corrected chi connectivity index (χ0v) is 8.05. The van der Waals surface area contributed by atoms with Crippen molar-refractivity contribution in [1.82, 2.24) is 9.38 Å². The average molecular weight is 193 g/mol. The molecule has 0 radical (unpaired) electrons. The van der Waals surface area contributed by atoms with Crippen molar-refractivity contribution in [3.05, 3.63) is 23.5 Å². The van der Waals surface area contributed by atoms with Gasteiger partial charge in [0.25, 0.3) is 0 Å². The van der Waals surface area contributed by atoms with Gasteiger partial charge in [-0.25, -0.2) is 4.98 Å². The molecule has 2 N–H and O–H groups in total. The molecule has 3 rings (SSSR count). The first kappa shape index (κ1) is 7.53. The van der Waals surface area contributed by atoms with E-state index in [2.05, 4.69) is 15.6 Å². The number of nitrogens with two attached hydrogens (primary N) is 1. The Hall–Kier alpha value is -0.870. The minimum atomic E-state index is 0.0734. The van der Waals surface area contributed by atoms with Crippen molar-refractivity contribution in [3.8, 4) is 0 Å². The molecule has 0 aliphatic heterocycles. The Morgan fingerprint density at radius 3 is 3.15 bits per heavy atom. The summed E-state index contributed by atoms with van der Waals surface area (Å²) in [5, 5.41) is 2.04. The Labute approximate surface area is 80.2 Å². The van der Waals surface area contributed by atoms with Crippen LogP contribution in [0.4, 0.5) is 0 Å². The summed E-state index contributed by atoms with van der Waals surface area (Å²) in [7, 11) is 0. The Balaban J connectivity index is 1.94. The number of nitrogens with zero attached hydrogens (tertiary/aromatic N) is 2. The SMILES string of the molecule is NC1(Cc2cn3ccsc3n2)CC1. The molecular formula is C9H11N3S. The quantitative estimate of drug-likeness (QED) is 0.784. The number of hydrogen-bond acceptors (Lipinski definition) is 3. The molecule has 13 heavy (non-hydrogen) atoms. The van der Waals surface area contributed by atoms with Gasteiger partial charge in [-0.3, -0.25) is 4.40 Å². The highest BCUT2D eigenvalue weighted by atomic mass is 32.1. The molecule has 1 aliphatic carbocycles. The lowest BCUT2D eigenvalue weighted by atomic mass is 10.1. The molecule has 0 aromatic carbocycles. The third-order valence-corrected chi connectivity index (χ3v) is 3.34. The molecule has 0 amide bonds. The van der Waals surface area contributed by atoms with E-state index in [0.29, 0.717) is 0 Å². The molecule has 0 atom stereocenters. The smallest absolute Gasteiger partial charge is 0.193 e. The monoisotopic (exact) mass is 193 g/mol. The first-order valence-corrected chi connectivity index (χ1v) is 5.33. The van der Waals surface area contributed by atoms with E-state index < -0.39 is 0 Å². The van der Waals surface area contributed by atoms with Crippen molar-refractivity contribution in [2.45, 2.75) is 24.8 Å². The van der Waals surface area contributed by atoms with Crippen molar-refractivity contribution in [2.75, 3.05) is 0 Å². The van der Waals surface area contributed by atoms with Gasteiger partial charge in [0.2, 0.25) is 0 Å². The summed E-state index contributed by atoms with van der Waals surface area (Å²) in [6, 6.07) is 0. The fraction of sp³-hybridized carbons (Fsp3) is 0.444. The number of hydrogen-bond donors (Lipinski definition) is 1. The van der Waals surface area contributed by atoms with Crippen molar-refractivity contribution in [2.24, 2.45) is 5.73 Å². The maximum atomic E-state index is 6.02. The predicted octanol–water partition coefficient (Wildman–Crippen LogP) is 1.43. The van der Waals surface area contributed by atoms with E-state index in [0.717, 1.165) is 29.9 Å². The first-order chi connectivity index (χ1) is 6.25. The van der Waals surface area contributed by atoms with Gasteiger partial charge >= 0.3 is 0 Å². The van der Waals surface area contributed by atoms with Crippen LogP contribution in [0.2, 0.25) is 0 Å². The zero-order valence-electron chi connectivity index (χ0n) is 7.23. The highest BCUT2D eigenvalue weighted by Crippen LogP contribution is 2.35. The van der Waals surface area contributed by atoms with Crippen LogP contribution in [0.15, 0.2) is 17.8 Å². The molecule has 68 valence electrons. The number of thiazole rings is 1. The second-order valence-corrected chi connectivity index (χ2v) is 4.74. The van der Waals surface area contributed by atoms with E-state index in [1.165, 1.54) is 0 Å². The Morgan fingerprint density at radius 1 is 1.62 bits per heavy atom. The van der Waals surface area contributed by atoms with Gasteiger partial charge in [0.05, 0.1) is 5.69 Å². The minimum absolute atomic E-state index is 0.0734. The molecule has 2 heterocycles. The molecule has 2 aromatic heterocycles. The zero-order chi connectivity index (χ0) is 8.89. The second kappa shape index (κ2) is 2.33. The van der Waals surface area contributed by atoms with Crippen molar-refractivity contribution in [1.29, 1.82) is 0 Å². The van der Waals surface area contributed by atoms with Crippen molar-refractivity contribution in [3.63, 3.8) is 0 Å². The maximum Gasteiger partial charge on any atom is 0.193 e. The predicted molar refractivity (Wildman–Crippen MR) is 52.9 cm³/mol. The summed E-state index contributed by atoms with van der Waals surface area (Å²) in [5.41, 5.74) is 7.23. The topological polar surface area (TPSA) is 43.3 Å². The molecule has 3 nitrogen and oxygen atoms in total. The van der Waals surface area contributed by atoms with Gasteiger partial charge in [0.1, 0.15) is 0 Å². The molecule has 0 spiro atoms. The Kier molecular flexibility index (Phi) is 1.35. The summed E-state index contributed by atoms with van der Waals surface area (Å²) >= 11 is 1.67. The van der Waals surface area contributed by atoms with Crippen LogP contribution in [0, 0.1) is 0 Å². The fourth-order valence-corrected chi connectivity index (χ4v) is 2.28. The number of rotatable bonds is 2. The number of fused-ring (bicyclic) bond motifs is 1. The van der Waals surface area contributed by atoms with E-state index in [4.69, 9.17) is 5.73 Å². The summed E-state index contributed by atoms with van der Waals surface area (Å²) in [6.45, 7) is 0. The molecule has 0 saturated heterocycles. The average Bonchev–Trinajstić information content (AvgIpc) is 2.51. The van der Waals surface area contributed by atoms with E-state index in [1.807, 2.05) is 11.6 Å². The van der Waals surface area contributed by atoms with Gasteiger partial charge in [-0.15, -0.1) is 11.3 Å². The van der Waals surface area contributed by atoms with Crippen LogP contribution in [0.1, 0.15) is 18.5 Å². The van der Waals surface area contributed by atoms with E-state index in [9.17, 15) is 0 Å². The van der Waals surface area contributed by atoms with E-state index in [1.54, 1.807) is 11.3 Å². The van der Waals surface area contributed by atoms with Gasteiger partial charge in [-0.05, 0) is 12.8 Å². The lowest BCUT2D eigenvalue weighted by Crippen LogP contribution is -2.24. The number of aromatic nitrogens is 2. The maximum absolute atomic E-state index is 6.02. The lowest BCUT2D eigenvalue weighted by molar-refractivity contribution is 0.662. The summed E-state index contributed by atoms with van der Waals surface area (Å²) in [6.07, 6.45) is 7.35. The van der Waals surface area contributed by atoms with E-state index in [-0.39, 0.29) is 5.54 Å². The summed E-state index contributed by atoms with van der Waals surface area (Å²) in [4.78, 5) is 5.57. The molecule has 0 unspecified atom stereocenters.